The maximum Gasteiger partial charge on any atom is 0.393 e. The molecule has 1 saturated heterocycles. The van der Waals surface area contributed by atoms with Crippen molar-refractivity contribution in [3.8, 4) is 0 Å². The summed E-state index contributed by atoms with van der Waals surface area (Å²) in [5.41, 5.74) is 2.31. The van der Waals surface area contributed by atoms with Gasteiger partial charge in [0.1, 0.15) is 0 Å². The first kappa shape index (κ1) is 15.1. The minimum absolute atomic E-state index is 0.132. The number of likely N-dealkylation sites (tertiary alicyclic amines) is 1. The van der Waals surface area contributed by atoms with Crippen LogP contribution in [0.15, 0.2) is 18.2 Å². The first-order valence-electron chi connectivity index (χ1n) is 6.41. The van der Waals surface area contributed by atoms with Crippen molar-refractivity contribution in [1.82, 2.24) is 4.90 Å². The highest BCUT2D eigenvalue weighted by molar-refractivity contribution is 14.1. The third-order valence-electron chi connectivity index (χ3n) is 3.63. The molecule has 1 aliphatic rings. The molecule has 5 heteroatoms. The molecule has 0 radical (unpaired) electrons. The van der Waals surface area contributed by atoms with Gasteiger partial charge in [0.05, 0.1) is 5.92 Å². The summed E-state index contributed by atoms with van der Waals surface area (Å²) in [4.78, 5) is 1.93. The monoisotopic (exact) mass is 383 g/mol. The van der Waals surface area contributed by atoms with Crippen LogP contribution in [0.2, 0.25) is 0 Å². The zero-order valence-electron chi connectivity index (χ0n) is 10.8. The fourth-order valence-corrected chi connectivity index (χ4v) is 3.07. The Bertz CT molecular complexity index is 445. The Balaban J connectivity index is 2.05. The van der Waals surface area contributed by atoms with E-state index in [2.05, 4.69) is 22.6 Å². The standard InChI is InChI=1S/C14H17F3IN/c1-10-4-2-5-11(13(10)18)8-19-7-3-6-12(9-19)14(15,16)17/h2,4-5,12H,3,6-9H2,1H3. The molecule has 1 aromatic rings. The molecule has 0 amide bonds. The predicted molar refractivity (Wildman–Crippen MR) is 78.0 cm³/mol. The van der Waals surface area contributed by atoms with Crippen LogP contribution in [0.3, 0.4) is 0 Å². The Morgan fingerprint density at radius 1 is 1.37 bits per heavy atom. The van der Waals surface area contributed by atoms with Crippen molar-refractivity contribution in [2.45, 2.75) is 32.5 Å². The van der Waals surface area contributed by atoms with E-state index in [4.69, 9.17) is 0 Å². The maximum absolute atomic E-state index is 12.8. The molecule has 1 heterocycles. The van der Waals surface area contributed by atoms with Gasteiger partial charge in [-0.05, 0) is 60.0 Å². The van der Waals surface area contributed by atoms with Crippen LogP contribution in [-0.2, 0) is 6.54 Å². The van der Waals surface area contributed by atoms with Crippen LogP contribution in [0.25, 0.3) is 0 Å². The first-order chi connectivity index (χ1) is 8.88. The molecule has 0 bridgehead atoms. The average molecular weight is 383 g/mol. The molecule has 0 N–H and O–H groups in total. The summed E-state index contributed by atoms with van der Waals surface area (Å²) in [6.45, 7) is 3.54. The van der Waals surface area contributed by atoms with E-state index < -0.39 is 12.1 Å². The molecular weight excluding hydrogens is 366 g/mol. The fourth-order valence-electron chi connectivity index (χ4n) is 2.54. The van der Waals surface area contributed by atoms with Gasteiger partial charge >= 0.3 is 6.18 Å². The summed E-state index contributed by atoms with van der Waals surface area (Å²) in [5.74, 6) is -1.16. The summed E-state index contributed by atoms with van der Waals surface area (Å²) >= 11 is 2.27. The summed E-state index contributed by atoms with van der Waals surface area (Å²) in [6, 6.07) is 6.00. The van der Waals surface area contributed by atoms with Gasteiger partial charge in [0, 0.05) is 16.7 Å². The van der Waals surface area contributed by atoms with E-state index in [-0.39, 0.29) is 13.0 Å². The highest BCUT2D eigenvalue weighted by atomic mass is 127. The minimum atomic E-state index is -4.06. The number of benzene rings is 1. The number of halogens is 4. The van der Waals surface area contributed by atoms with Crippen LogP contribution in [-0.4, -0.2) is 24.2 Å². The van der Waals surface area contributed by atoms with E-state index >= 15 is 0 Å². The molecule has 0 spiro atoms. The highest BCUT2D eigenvalue weighted by Crippen LogP contribution is 2.33. The SMILES string of the molecule is Cc1cccc(CN2CCCC(C(F)(F)F)C2)c1I. The minimum Gasteiger partial charge on any atom is -0.298 e. The molecule has 1 aromatic carbocycles. The van der Waals surface area contributed by atoms with Gasteiger partial charge in [-0.2, -0.15) is 13.2 Å². The van der Waals surface area contributed by atoms with Crippen molar-refractivity contribution in [2.75, 3.05) is 13.1 Å². The van der Waals surface area contributed by atoms with E-state index in [0.717, 1.165) is 15.7 Å². The normalized spacial score (nSPS) is 21.6. The maximum atomic E-state index is 12.8. The summed E-state index contributed by atoms with van der Waals surface area (Å²) in [5, 5.41) is 0. The molecule has 1 nitrogen and oxygen atoms in total. The van der Waals surface area contributed by atoms with E-state index in [0.29, 0.717) is 13.0 Å². The smallest absolute Gasteiger partial charge is 0.298 e. The second kappa shape index (κ2) is 5.99. The van der Waals surface area contributed by atoms with Crippen LogP contribution in [0.4, 0.5) is 13.2 Å². The molecule has 0 saturated carbocycles. The Hall–Kier alpha value is -0.300. The van der Waals surface area contributed by atoms with Gasteiger partial charge in [0.15, 0.2) is 0 Å². The summed E-state index contributed by atoms with van der Waals surface area (Å²) in [7, 11) is 0. The van der Waals surface area contributed by atoms with Gasteiger partial charge in [-0.3, -0.25) is 4.90 Å². The molecule has 1 unspecified atom stereocenters. The Morgan fingerprint density at radius 2 is 2.11 bits per heavy atom. The molecule has 19 heavy (non-hydrogen) atoms. The van der Waals surface area contributed by atoms with Crippen molar-refractivity contribution >= 4 is 22.6 Å². The van der Waals surface area contributed by atoms with Crippen LogP contribution in [0.1, 0.15) is 24.0 Å². The van der Waals surface area contributed by atoms with E-state index in [1.165, 1.54) is 5.56 Å². The van der Waals surface area contributed by atoms with Crippen molar-refractivity contribution < 1.29 is 13.2 Å². The van der Waals surface area contributed by atoms with E-state index in [1.54, 1.807) is 0 Å². The van der Waals surface area contributed by atoms with Gasteiger partial charge in [-0.25, -0.2) is 0 Å². The zero-order valence-corrected chi connectivity index (χ0v) is 13.0. The lowest BCUT2D eigenvalue weighted by atomic mass is 9.97. The van der Waals surface area contributed by atoms with Gasteiger partial charge in [0.25, 0.3) is 0 Å². The van der Waals surface area contributed by atoms with Crippen LogP contribution >= 0.6 is 22.6 Å². The Labute approximate surface area is 125 Å². The molecule has 1 fully saturated rings. The average Bonchev–Trinajstić information content (AvgIpc) is 2.34. The summed E-state index contributed by atoms with van der Waals surface area (Å²) < 4.78 is 39.5. The number of rotatable bonds is 2. The quantitative estimate of drug-likeness (QED) is 0.686. The lowest BCUT2D eigenvalue weighted by molar-refractivity contribution is -0.187. The number of aryl methyl sites for hydroxylation is 1. The van der Waals surface area contributed by atoms with E-state index in [9.17, 15) is 13.2 Å². The number of hydrogen-bond donors (Lipinski definition) is 0. The lowest BCUT2D eigenvalue weighted by Crippen LogP contribution is -2.41. The number of piperidine rings is 1. The van der Waals surface area contributed by atoms with Crippen LogP contribution < -0.4 is 0 Å². The van der Waals surface area contributed by atoms with Gasteiger partial charge in [-0.15, -0.1) is 0 Å². The third-order valence-corrected chi connectivity index (χ3v) is 5.18. The Kier molecular flexibility index (Phi) is 4.76. The fraction of sp³-hybridized carbons (Fsp3) is 0.571. The molecule has 106 valence electrons. The first-order valence-corrected chi connectivity index (χ1v) is 7.49. The second-order valence-corrected chi connectivity index (χ2v) is 6.24. The van der Waals surface area contributed by atoms with E-state index in [1.807, 2.05) is 30.0 Å². The lowest BCUT2D eigenvalue weighted by Gasteiger charge is -2.34. The topological polar surface area (TPSA) is 3.24 Å². The van der Waals surface area contributed by atoms with Crippen molar-refractivity contribution in [3.05, 3.63) is 32.9 Å². The largest absolute Gasteiger partial charge is 0.393 e. The van der Waals surface area contributed by atoms with Gasteiger partial charge in [0.2, 0.25) is 0 Å². The molecule has 1 aliphatic heterocycles. The third kappa shape index (κ3) is 3.84. The van der Waals surface area contributed by atoms with Crippen molar-refractivity contribution in [2.24, 2.45) is 5.92 Å². The second-order valence-electron chi connectivity index (χ2n) is 5.16. The van der Waals surface area contributed by atoms with Gasteiger partial charge < -0.3 is 0 Å². The molecular formula is C14H17F3IN. The number of hydrogen-bond acceptors (Lipinski definition) is 1. The molecule has 2 rings (SSSR count). The number of nitrogens with zero attached hydrogens (tertiary/aromatic N) is 1. The summed E-state index contributed by atoms with van der Waals surface area (Å²) in [6.07, 6.45) is -3.16. The highest BCUT2D eigenvalue weighted by Gasteiger charge is 2.41. The number of alkyl halides is 3. The Morgan fingerprint density at radius 3 is 2.79 bits per heavy atom. The molecule has 1 atom stereocenters. The molecule has 0 aromatic heterocycles. The molecule has 0 aliphatic carbocycles. The van der Waals surface area contributed by atoms with Crippen LogP contribution in [0, 0.1) is 16.4 Å². The predicted octanol–water partition coefficient (Wildman–Crippen LogP) is 4.37. The van der Waals surface area contributed by atoms with Crippen molar-refractivity contribution in [3.63, 3.8) is 0 Å². The van der Waals surface area contributed by atoms with Gasteiger partial charge in [-0.1, -0.05) is 18.2 Å². The van der Waals surface area contributed by atoms with Crippen molar-refractivity contribution in [1.29, 1.82) is 0 Å². The zero-order chi connectivity index (χ0) is 14.0. The van der Waals surface area contributed by atoms with Crippen LogP contribution in [0.5, 0.6) is 0 Å².